The van der Waals surface area contributed by atoms with Crippen molar-refractivity contribution < 1.29 is 4.42 Å². The number of benzene rings is 6. The van der Waals surface area contributed by atoms with E-state index in [0.29, 0.717) is 0 Å². The number of aryl methyl sites for hydroxylation is 1. The Morgan fingerprint density at radius 2 is 0.958 bits per heavy atom. The Labute approximate surface area is 427 Å². The number of hydrogen-bond acceptors (Lipinski definition) is 3. The minimum absolute atomic E-state index is 0.0270. The molecule has 0 N–H and O–H groups in total. The van der Waals surface area contributed by atoms with Crippen LogP contribution in [0.15, 0.2) is 108 Å². The molecule has 3 nitrogen and oxygen atoms in total. The maximum Gasteiger partial charge on any atom is 0.257 e. The van der Waals surface area contributed by atoms with Crippen LogP contribution in [0, 0.1) is 6.92 Å². The van der Waals surface area contributed by atoms with Gasteiger partial charge in [0.1, 0.15) is 5.58 Å². The molecule has 2 aliphatic heterocycles. The summed E-state index contributed by atoms with van der Waals surface area (Å²) in [6.07, 6.45) is 4.67. The predicted octanol–water partition coefficient (Wildman–Crippen LogP) is 17.1. The van der Waals surface area contributed by atoms with Crippen LogP contribution in [0.3, 0.4) is 0 Å². The SMILES string of the molecule is Cc1cc2c3c(c1)N(c1ccc(C(C)(C)C)cc1-c1ccc4c(c1)C(C)(C)CCC4(C)C)c1oc4ccc(C(C)(C)C)cc4c1B3c1cc3c(cc1N2c1ccc(C(C)(C)C)cc1)C(C)(C)CCC3(C)C. The van der Waals surface area contributed by atoms with Gasteiger partial charge in [-0.05, 0) is 186 Å². The summed E-state index contributed by atoms with van der Waals surface area (Å²) >= 11 is 0. The highest BCUT2D eigenvalue weighted by Gasteiger charge is 2.49. The van der Waals surface area contributed by atoms with Crippen LogP contribution in [0.1, 0.15) is 188 Å². The Kier molecular flexibility index (Phi) is 10.3. The molecular formula is C67H79BN2O. The van der Waals surface area contributed by atoms with Crippen molar-refractivity contribution in [2.24, 2.45) is 0 Å². The smallest absolute Gasteiger partial charge is 0.257 e. The lowest BCUT2D eigenvalue weighted by Gasteiger charge is -2.47. The zero-order valence-electron chi connectivity index (χ0n) is 46.5. The topological polar surface area (TPSA) is 19.6 Å². The normalized spacial score (nSPS) is 18.4. The molecule has 4 aliphatic rings. The summed E-state index contributed by atoms with van der Waals surface area (Å²) < 4.78 is 7.53. The maximum atomic E-state index is 7.53. The summed E-state index contributed by atoms with van der Waals surface area (Å²) in [5.41, 5.74) is 24.8. The summed E-state index contributed by atoms with van der Waals surface area (Å²) in [5, 5.41) is 1.21. The van der Waals surface area contributed by atoms with Crippen molar-refractivity contribution in [3.05, 3.63) is 148 Å². The Hall–Kier alpha value is -5.48. The number of furan rings is 1. The van der Waals surface area contributed by atoms with E-state index in [1.54, 1.807) is 0 Å². The van der Waals surface area contributed by atoms with Crippen LogP contribution < -0.4 is 26.2 Å². The first kappa shape index (κ1) is 47.8. The Balaban J connectivity index is 1.27. The van der Waals surface area contributed by atoms with Crippen molar-refractivity contribution in [2.45, 2.75) is 188 Å². The molecule has 3 heterocycles. The number of rotatable bonds is 3. The van der Waals surface area contributed by atoms with Gasteiger partial charge in [-0.1, -0.05) is 166 Å². The van der Waals surface area contributed by atoms with E-state index in [2.05, 4.69) is 238 Å². The lowest BCUT2D eigenvalue weighted by Crippen LogP contribution is -2.61. The molecule has 0 atom stereocenters. The van der Waals surface area contributed by atoms with Crippen LogP contribution in [0.25, 0.3) is 22.1 Å². The second-order valence-corrected chi connectivity index (χ2v) is 28.1. The minimum atomic E-state index is -0.0707. The van der Waals surface area contributed by atoms with Crippen molar-refractivity contribution in [3.8, 4) is 11.1 Å². The van der Waals surface area contributed by atoms with Gasteiger partial charge in [0.05, 0.1) is 5.69 Å². The fraction of sp³-hybridized carbons (Fsp3) is 0.433. The molecule has 7 aromatic rings. The second-order valence-electron chi connectivity index (χ2n) is 28.1. The molecule has 0 bridgehead atoms. The third-order valence-corrected chi connectivity index (χ3v) is 17.9. The van der Waals surface area contributed by atoms with E-state index in [0.717, 1.165) is 30.0 Å². The molecule has 0 radical (unpaired) electrons. The molecule has 11 rings (SSSR count). The first-order chi connectivity index (χ1) is 33.0. The maximum absolute atomic E-state index is 7.53. The average Bonchev–Trinajstić information content (AvgIpc) is 3.66. The van der Waals surface area contributed by atoms with Crippen LogP contribution >= 0.6 is 0 Å². The Morgan fingerprint density at radius 1 is 0.451 bits per heavy atom. The molecular weight excluding hydrogens is 860 g/mol. The van der Waals surface area contributed by atoms with E-state index in [-0.39, 0.29) is 44.6 Å². The van der Waals surface area contributed by atoms with Gasteiger partial charge >= 0.3 is 0 Å². The summed E-state index contributed by atoms with van der Waals surface area (Å²) in [6, 6.07) is 41.4. The van der Waals surface area contributed by atoms with Gasteiger partial charge in [0.25, 0.3) is 6.71 Å². The molecule has 71 heavy (non-hydrogen) atoms. The average molecular weight is 939 g/mol. The molecule has 6 aromatic carbocycles. The van der Waals surface area contributed by atoms with Crippen molar-refractivity contribution in [3.63, 3.8) is 0 Å². The van der Waals surface area contributed by atoms with Crippen molar-refractivity contribution in [1.29, 1.82) is 0 Å². The molecule has 0 spiro atoms. The number of anilines is 6. The highest BCUT2D eigenvalue weighted by molar-refractivity contribution is 7.01. The van der Waals surface area contributed by atoms with Gasteiger partial charge in [-0.25, -0.2) is 0 Å². The molecule has 0 amide bonds. The van der Waals surface area contributed by atoms with Gasteiger partial charge in [-0.15, -0.1) is 0 Å². The fourth-order valence-corrected chi connectivity index (χ4v) is 13.0. The number of hydrogen-bond donors (Lipinski definition) is 0. The van der Waals surface area contributed by atoms with Gasteiger partial charge in [-0.3, -0.25) is 4.90 Å². The highest BCUT2D eigenvalue weighted by Crippen LogP contribution is 2.54. The van der Waals surface area contributed by atoms with Crippen molar-refractivity contribution in [2.75, 3.05) is 9.80 Å². The first-order valence-corrected chi connectivity index (χ1v) is 26.9. The summed E-state index contributed by atoms with van der Waals surface area (Å²) in [5.74, 6) is 0.926. The third-order valence-electron chi connectivity index (χ3n) is 17.9. The van der Waals surface area contributed by atoms with Crippen molar-refractivity contribution in [1.82, 2.24) is 0 Å². The van der Waals surface area contributed by atoms with Gasteiger partial charge < -0.3 is 9.32 Å². The minimum Gasteiger partial charge on any atom is -0.440 e. The van der Waals surface area contributed by atoms with Gasteiger partial charge in [0.15, 0.2) is 0 Å². The standard InChI is InChI=1S/C67H79BN2O/c1-40-33-55-59-56(34-40)70(53-27-22-43(62(5,6)7)36-46(53)41-19-26-48-49(35-41)65(13,14)30-29-64(48,11)12)60-58(47-37-44(63(8,9)10)23-28-57(47)71-60)68(59)52-38-50-51(67(17,18)32-31-66(50,15)16)39-54(52)69(55)45-24-20-42(21-25-45)61(2,3)4/h19-28,33-39H,29-32H2,1-18H3. The zero-order chi connectivity index (χ0) is 50.9. The second kappa shape index (κ2) is 15.3. The van der Waals surface area contributed by atoms with E-state index >= 15 is 0 Å². The first-order valence-electron chi connectivity index (χ1n) is 26.9. The van der Waals surface area contributed by atoms with Gasteiger partial charge in [0, 0.05) is 39.2 Å². The van der Waals surface area contributed by atoms with Gasteiger partial charge in [-0.2, -0.15) is 0 Å². The largest absolute Gasteiger partial charge is 0.440 e. The van der Waals surface area contributed by atoms with Crippen LogP contribution in [0.5, 0.6) is 0 Å². The Morgan fingerprint density at radius 3 is 1.55 bits per heavy atom. The lowest BCUT2D eigenvalue weighted by molar-refractivity contribution is 0.332. The third kappa shape index (κ3) is 7.49. The van der Waals surface area contributed by atoms with Gasteiger partial charge in [0.2, 0.25) is 5.88 Å². The predicted molar refractivity (Wildman–Crippen MR) is 307 cm³/mol. The molecule has 0 fully saturated rings. The van der Waals surface area contributed by atoms with E-state index in [9.17, 15) is 0 Å². The summed E-state index contributed by atoms with van der Waals surface area (Å²) in [7, 11) is 0. The fourth-order valence-electron chi connectivity index (χ4n) is 13.0. The quantitative estimate of drug-likeness (QED) is 0.165. The molecule has 2 aliphatic carbocycles. The number of fused-ring (bicyclic) bond motifs is 8. The lowest BCUT2D eigenvalue weighted by atomic mass is 9.33. The van der Waals surface area contributed by atoms with E-state index in [4.69, 9.17) is 4.42 Å². The zero-order valence-corrected chi connectivity index (χ0v) is 46.5. The molecule has 366 valence electrons. The monoisotopic (exact) mass is 939 g/mol. The van der Waals surface area contributed by atoms with Crippen LogP contribution in [0.2, 0.25) is 0 Å². The van der Waals surface area contributed by atoms with E-state index in [1.807, 2.05) is 0 Å². The summed E-state index contributed by atoms with van der Waals surface area (Å²) in [4.78, 5) is 5.17. The summed E-state index contributed by atoms with van der Waals surface area (Å²) in [6.45, 7) is 42.9. The van der Waals surface area contributed by atoms with Crippen LogP contribution in [-0.4, -0.2) is 6.71 Å². The number of nitrogens with zero attached hydrogens (tertiary/aromatic N) is 2. The molecule has 4 heteroatoms. The molecule has 0 saturated carbocycles. The Bertz CT molecular complexity index is 3330. The highest BCUT2D eigenvalue weighted by atomic mass is 16.4. The van der Waals surface area contributed by atoms with Crippen molar-refractivity contribution >= 4 is 68.4 Å². The molecule has 1 aromatic heterocycles. The van der Waals surface area contributed by atoms with Crippen LogP contribution in [0.4, 0.5) is 34.3 Å². The van der Waals surface area contributed by atoms with E-state index < -0.39 is 0 Å². The van der Waals surface area contributed by atoms with E-state index in [1.165, 1.54) is 113 Å². The molecule has 0 unspecified atom stereocenters. The van der Waals surface area contributed by atoms with Crippen LogP contribution in [-0.2, 0) is 37.9 Å². The molecule has 0 saturated heterocycles.